The Hall–Kier alpha value is -5.18. The number of nitrogens with one attached hydrogen (secondary N) is 2. The first-order valence-electron chi connectivity index (χ1n) is 13.3. The molecule has 0 fully saturated rings. The molecule has 1 heterocycles. The third-order valence-corrected chi connectivity index (χ3v) is 6.60. The van der Waals surface area contributed by atoms with Gasteiger partial charge in [0.15, 0.2) is 23.1 Å². The molecule has 45 heavy (non-hydrogen) atoms. The lowest BCUT2D eigenvalue weighted by molar-refractivity contribution is -0.137. The minimum atomic E-state index is -4.82. The van der Waals surface area contributed by atoms with Crippen molar-refractivity contribution in [1.82, 2.24) is 15.2 Å². The zero-order chi connectivity index (χ0) is 32.7. The summed E-state index contributed by atoms with van der Waals surface area (Å²) in [5.74, 6) is -1.60. The Labute approximate surface area is 255 Å². The number of ether oxygens (including phenoxy) is 3. The molecule has 3 aromatic carbocycles. The standard InChI is InChI=1S/C30H30F4N6O5/c1-39(13-27(42)37-21-7-5-6-18(8-21)14-43-3)24-12-20(30(32,33)34)11-22(28(24)40(2)17-41)19-9-23(31)29(25(10-19)44-4)45-15-26-35-16-36-38-26/h5-12,16-17H,13-15H2,1-4H3,(H,37,42)(H,35,36,38). The van der Waals surface area contributed by atoms with Crippen LogP contribution < -0.4 is 24.6 Å². The molecule has 11 nitrogen and oxygen atoms in total. The van der Waals surface area contributed by atoms with Crippen LogP contribution in [0.25, 0.3) is 11.1 Å². The minimum Gasteiger partial charge on any atom is -0.493 e. The predicted octanol–water partition coefficient (Wildman–Crippen LogP) is 5.03. The number of alkyl halides is 3. The molecule has 2 N–H and O–H groups in total. The van der Waals surface area contributed by atoms with E-state index in [0.717, 1.165) is 28.7 Å². The number of aromatic nitrogens is 3. The molecule has 0 saturated carbocycles. The van der Waals surface area contributed by atoms with Gasteiger partial charge in [0.05, 0.1) is 37.2 Å². The van der Waals surface area contributed by atoms with E-state index in [4.69, 9.17) is 14.2 Å². The molecule has 0 unspecified atom stereocenters. The van der Waals surface area contributed by atoms with Crippen LogP contribution in [0.2, 0.25) is 0 Å². The lowest BCUT2D eigenvalue weighted by Crippen LogP contribution is -2.32. The van der Waals surface area contributed by atoms with Gasteiger partial charge in [0, 0.05) is 32.5 Å². The second-order valence-electron chi connectivity index (χ2n) is 9.86. The van der Waals surface area contributed by atoms with Gasteiger partial charge in [-0.1, -0.05) is 12.1 Å². The highest BCUT2D eigenvalue weighted by molar-refractivity contribution is 5.99. The van der Waals surface area contributed by atoms with E-state index < -0.39 is 23.5 Å². The molecule has 4 rings (SSSR count). The first kappa shape index (κ1) is 32.7. The van der Waals surface area contributed by atoms with E-state index in [9.17, 15) is 22.8 Å². The molecule has 238 valence electrons. The second-order valence-corrected chi connectivity index (χ2v) is 9.86. The fourth-order valence-corrected chi connectivity index (χ4v) is 4.58. The fourth-order valence-electron chi connectivity index (χ4n) is 4.58. The van der Waals surface area contributed by atoms with Crippen molar-refractivity contribution in [3.63, 3.8) is 0 Å². The van der Waals surface area contributed by atoms with Gasteiger partial charge in [-0.2, -0.15) is 13.2 Å². The number of anilines is 3. The number of methoxy groups -OCH3 is 2. The Balaban J connectivity index is 1.76. The number of benzene rings is 3. The van der Waals surface area contributed by atoms with Crippen molar-refractivity contribution in [2.24, 2.45) is 0 Å². The van der Waals surface area contributed by atoms with Crippen LogP contribution in [0.4, 0.5) is 34.6 Å². The van der Waals surface area contributed by atoms with Crippen LogP contribution in [0.5, 0.6) is 11.5 Å². The van der Waals surface area contributed by atoms with Crippen molar-refractivity contribution in [2.45, 2.75) is 19.4 Å². The van der Waals surface area contributed by atoms with Gasteiger partial charge in [0.1, 0.15) is 12.9 Å². The number of hydrogen-bond acceptors (Lipinski definition) is 8. The third kappa shape index (κ3) is 7.86. The largest absolute Gasteiger partial charge is 0.493 e. The summed E-state index contributed by atoms with van der Waals surface area (Å²) in [6.45, 7) is -0.262. The highest BCUT2D eigenvalue weighted by Gasteiger charge is 2.34. The molecule has 0 saturated heterocycles. The van der Waals surface area contributed by atoms with Crippen LogP contribution in [-0.4, -0.2) is 62.4 Å². The van der Waals surface area contributed by atoms with Crippen LogP contribution in [-0.2, 0) is 33.7 Å². The Bertz CT molecular complexity index is 1650. The number of likely N-dealkylation sites (N-methyl/N-ethyl adjacent to an activating group) is 1. The number of rotatable bonds is 13. The van der Waals surface area contributed by atoms with E-state index in [1.807, 2.05) is 6.07 Å². The minimum absolute atomic E-state index is 0.00725. The lowest BCUT2D eigenvalue weighted by atomic mass is 9.97. The maximum Gasteiger partial charge on any atom is 0.416 e. The number of hydrogen-bond donors (Lipinski definition) is 2. The van der Waals surface area contributed by atoms with Crippen molar-refractivity contribution in [3.8, 4) is 22.6 Å². The van der Waals surface area contributed by atoms with Crippen molar-refractivity contribution in [2.75, 3.05) is 50.0 Å². The normalized spacial score (nSPS) is 11.2. The summed E-state index contributed by atoms with van der Waals surface area (Å²) in [6, 6.07) is 10.8. The molecule has 0 aliphatic heterocycles. The Morgan fingerprint density at radius 3 is 2.51 bits per heavy atom. The van der Waals surface area contributed by atoms with Crippen LogP contribution >= 0.6 is 0 Å². The molecule has 0 bridgehead atoms. The van der Waals surface area contributed by atoms with Gasteiger partial charge >= 0.3 is 6.18 Å². The first-order chi connectivity index (χ1) is 21.4. The van der Waals surface area contributed by atoms with Crippen molar-refractivity contribution >= 4 is 29.4 Å². The second kappa shape index (κ2) is 14.1. The van der Waals surface area contributed by atoms with Crippen LogP contribution in [0.3, 0.4) is 0 Å². The van der Waals surface area contributed by atoms with Gasteiger partial charge in [-0.05, 0) is 47.5 Å². The number of amides is 2. The fraction of sp³-hybridized carbons (Fsp3) is 0.267. The lowest BCUT2D eigenvalue weighted by Gasteiger charge is -2.28. The topological polar surface area (TPSA) is 122 Å². The van der Waals surface area contributed by atoms with Gasteiger partial charge in [-0.3, -0.25) is 9.59 Å². The summed E-state index contributed by atoms with van der Waals surface area (Å²) < 4.78 is 73.9. The maximum absolute atomic E-state index is 15.4. The molecule has 0 spiro atoms. The van der Waals surface area contributed by atoms with Gasteiger partial charge in [0.2, 0.25) is 12.3 Å². The summed E-state index contributed by atoms with van der Waals surface area (Å²) in [4.78, 5) is 30.0. The summed E-state index contributed by atoms with van der Waals surface area (Å²) in [6.07, 6.45) is -3.12. The number of carbonyl (C=O) groups excluding carboxylic acids is 2. The Morgan fingerprint density at radius 1 is 1.09 bits per heavy atom. The number of halogens is 4. The molecule has 15 heteroatoms. The average molecular weight is 631 g/mol. The molecule has 0 aliphatic carbocycles. The number of carbonyl (C=O) groups is 2. The molecule has 4 aromatic rings. The first-order valence-corrected chi connectivity index (χ1v) is 13.3. The van der Waals surface area contributed by atoms with Crippen LogP contribution in [0, 0.1) is 5.82 Å². The Morgan fingerprint density at radius 2 is 1.87 bits per heavy atom. The van der Waals surface area contributed by atoms with E-state index in [-0.39, 0.29) is 47.2 Å². The van der Waals surface area contributed by atoms with E-state index >= 15 is 4.39 Å². The zero-order valence-corrected chi connectivity index (χ0v) is 24.7. The van der Waals surface area contributed by atoms with Crippen molar-refractivity contribution < 1.29 is 41.4 Å². The third-order valence-electron chi connectivity index (χ3n) is 6.60. The molecular formula is C30H30F4N6O5. The average Bonchev–Trinajstić information content (AvgIpc) is 3.52. The smallest absolute Gasteiger partial charge is 0.416 e. The summed E-state index contributed by atoms with van der Waals surface area (Å²) in [5.41, 5.74) is -0.118. The summed E-state index contributed by atoms with van der Waals surface area (Å²) in [5, 5.41) is 10.1. The molecule has 1 aromatic heterocycles. The number of nitrogens with zero attached hydrogens (tertiary/aromatic N) is 4. The Kier molecular flexibility index (Phi) is 10.2. The monoisotopic (exact) mass is 630 g/mol. The predicted molar refractivity (Wildman–Crippen MR) is 158 cm³/mol. The van der Waals surface area contributed by atoms with Gasteiger partial charge < -0.3 is 34.3 Å². The van der Waals surface area contributed by atoms with Crippen LogP contribution in [0.15, 0.2) is 54.9 Å². The van der Waals surface area contributed by atoms with Gasteiger partial charge in [-0.25, -0.2) is 4.39 Å². The molecule has 0 atom stereocenters. The van der Waals surface area contributed by atoms with Gasteiger partial charge in [0.25, 0.3) is 0 Å². The van der Waals surface area contributed by atoms with E-state index in [0.29, 0.717) is 24.5 Å². The quantitative estimate of drug-likeness (QED) is 0.156. The van der Waals surface area contributed by atoms with Crippen LogP contribution in [0.1, 0.15) is 17.0 Å². The van der Waals surface area contributed by atoms with Gasteiger partial charge in [-0.15, -0.1) is 10.2 Å². The number of H-pyrrole nitrogens is 1. The van der Waals surface area contributed by atoms with E-state index in [2.05, 4.69) is 20.5 Å². The summed E-state index contributed by atoms with van der Waals surface area (Å²) >= 11 is 0. The van der Waals surface area contributed by atoms with Crippen molar-refractivity contribution in [3.05, 3.63) is 77.6 Å². The van der Waals surface area contributed by atoms with E-state index in [1.54, 1.807) is 18.2 Å². The highest BCUT2D eigenvalue weighted by atomic mass is 19.4. The zero-order valence-electron chi connectivity index (χ0n) is 24.7. The molecule has 2 amide bonds. The molecule has 0 radical (unpaired) electrons. The summed E-state index contributed by atoms with van der Waals surface area (Å²) in [7, 11) is 5.52. The van der Waals surface area contributed by atoms with E-state index in [1.165, 1.54) is 45.6 Å². The molecular weight excluding hydrogens is 600 g/mol. The molecule has 0 aliphatic rings. The SMILES string of the molecule is COCc1cccc(NC(=O)CN(C)c2cc(C(F)(F)F)cc(-c3cc(F)c(OCc4nnc[nH]4)c(OC)c3)c2N(C)C=O)c1. The maximum atomic E-state index is 15.4. The van der Waals surface area contributed by atoms with Crippen molar-refractivity contribution in [1.29, 1.82) is 0 Å². The highest BCUT2D eigenvalue weighted by Crippen LogP contribution is 2.46. The number of aromatic amines is 1.